The van der Waals surface area contributed by atoms with Crippen LogP contribution in [0.1, 0.15) is 47.9 Å². The average Bonchev–Trinajstić information content (AvgIpc) is 2.98. The van der Waals surface area contributed by atoms with Gasteiger partial charge in [-0.3, -0.25) is 19.8 Å². The number of rotatable bonds is 15. The number of carbonyl (C=O) groups excluding carboxylic acids is 3. The lowest BCUT2D eigenvalue weighted by atomic mass is 9.85. The number of hydrogen-bond donors (Lipinski definition) is 6. The predicted molar refractivity (Wildman–Crippen MR) is 161 cm³/mol. The van der Waals surface area contributed by atoms with Crippen LogP contribution in [0.25, 0.3) is 0 Å². The number of primary amides is 1. The summed E-state index contributed by atoms with van der Waals surface area (Å²) >= 11 is 0. The molecular formula is C30H36N6O5S. The SMILES string of the molecule is CCS(=O)(=O)NC(C(=O)NC(CCC(N)=O)C(=O)NCc1ccc(C(=N)N)cc1)C(c1ccccc1)c1ccccc1. The highest BCUT2D eigenvalue weighted by atomic mass is 32.2. The highest BCUT2D eigenvalue weighted by Crippen LogP contribution is 2.29. The fourth-order valence-electron chi connectivity index (χ4n) is 4.38. The zero-order chi connectivity index (χ0) is 30.7. The van der Waals surface area contributed by atoms with Crippen molar-refractivity contribution in [3.63, 3.8) is 0 Å². The minimum Gasteiger partial charge on any atom is -0.384 e. The third kappa shape index (κ3) is 9.25. The van der Waals surface area contributed by atoms with Crippen molar-refractivity contribution >= 4 is 33.6 Å². The van der Waals surface area contributed by atoms with E-state index in [9.17, 15) is 22.8 Å². The number of nitrogen functional groups attached to an aromatic ring is 1. The van der Waals surface area contributed by atoms with Crippen molar-refractivity contribution in [2.45, 2.75) is 44.3 Å². The molecule has 0 radical (unpaired) electrons. The van der Waals surface area contributed by atoms with E-state index >= 15 is 0 Å². The van der Waals surface area contributed by atoms with Crippen molar-refractivity contribution in [2.75, 3.05) is 5.75 Å². The largest absolute Gasteiger partial charge is 0.384 e. The van der Waals surface area contributed by atoms with Crippen LogP contribution in [0.5, 0.6) is 0 Å². The van der Waals surface area contributed by atoms with Crippen LogP contribution < -0.4 is 26.8 Å². The van der Waals surface area contributed by atoms with Crippen LogP contribution in [0.4, 0.5) is 0 Å². The summed E-state index contributed by atoms with van der Waals surface area (Å²) in [6, 6.07) is 22.2. The Bertz CT molecular complexity index is 1440. The molecule has 11 nitrogen and oxygen atoms in total. The Balaban J connectivity index is 1.91. The Morgan fingerprint density at radius 1 is 0.833 bits per heavy atom. The summed E-state index contributed by atoms with van der Waals surface area (Å²) in [4.78, 5) is 38.7. The molecule has 2 atom stereocenters. The summed E-state index contributed by atoms with van der Waals surface area (Å²) in [7, 11) is -3.87. The lowest BCUT2D eigenvalue weighted by molar-refractivity contribution is -0.130. The summed E-state index contributed by atoms with van der Waals surface area (Å²) in [6.07, 6.45) is -0.275. The summed E-state index contributed by atoms with van der Waals surface area (Å²) in [5.74, 6) is -3.04. The zero-order valence-electron chi connectivity index (χ0n) is 23.2. The average molecular weight is 593 g/mol. The Morgan fingerprint density at radius 3 is 1.86 bits per heavy atom. The van der Waals surface area contributed by atoms with Crippen LogP contribution in [0.15, 0.2) is 84.9 Å². The van der Waals surface area contributed by atoms with E-state index in [1.807, 2.05) is 12.1 Å². The summed E-state index contributed by atoms with van der Waals surface area (Å²) in [5, 5.41) is 12.9. The molecule has 0 saturated carbocycles. The number of sulfonamides is 1. The van der Waals surface area contributed by atoms with E-state index < -0.39 is 45.7 Å². The van der Waals surface area contributed by atoms with Gasteiger partial charge in [-0.15, -0.1) is 0 Å². The normalized spacial score (nSPS) is 12.7. The maximum absolute atomic E-state index is 13.9. The highest BCUT2D eigenvalue weighted by molar-refractivity contribution is 7.89. The molecule has 0 bridgehead atoms. The van der Waals surface area contributed by atoms with Crippen LogP contribution in [0.2, 0.25) is 0 Å². The molecule has 0 aliphatic rings. The molecule has 0 aliphatic heterocycles. The second kappa shape index (κ2) is 14.9. The fraction of sp³-hybridized carbons (Fsp3) is 0.267. The molecule has 3 aromatic rings. The molecule has 0 fully saturated rings. The molecule has 8 N–H and O–H groups in total. The first-order chi connectivity index (χ1) is 20.0. The molecule has 3 rings (SSSR count). The van der Waals surface area contributed by atoms with Gasteiger partial charge in [-0.05, 0) is 30.0 Å². The molecule has 0 saturated heterocycles. The van der Waals surface area contributed by atoms with Gasteiger partial charge in [0, 0.05) is 24.4 Å². The Labute approximate surface area is 245 Å². The molecule has 0 spiro atoms. The predicted octanol–water partition coefficient (Wildman–Crippen LogP) is 1.48. The highest BCUT2D eigenvalue weighted by Gasteiger charge is 2.36. The Morgan fingerprint density at radius 2 is 1.38 bits per heavy atom. The van der Waals surface area contributed by atoms with Gasteiger partial charge in [0.25, 0.3) is 0 Å². The van der Waals surface area contributed by atoms with Crippen LogP contribution in [0.3, 0.4) is 0 Å². The number of benzene rings is 3. The summed E-state index contributed by atoms with van der Waals surface area (Å²) in [6.45, 7) is 1.56. The molecule has 2 unspecified atom stereocenters. The fourth-order valence-corrected chi connectivity index (χ4v) is 5.18. The van der Waals surface area contributed by atoms with E-state index in [1.54, 1.807) is 72.8 Å². The third-order valence-corrected chi connectivity index (χ3v) is 8.04. The quantitative estimate of drug-likeness (QED) is 0.114. The Hall–Kier alpha value is -4.55. The van der Waals surface area contributed by atoms with E-state index in [2.05, 4.69) is 15.4 Å². The molecule has 42 heavy (non-hydrogen) atoms. The van der Waals surface area contributed by atoms with Gasteiger partial charge in [-0.2, -0.15) is 0 Å². The molecule has 12 heteroatoms. The third-order valence-electron chi connectivity index (χ3n) is 6.66. The van der Waals surface area contributed by atoms with Gasteiger partial charge in [-0.25, -0.2) is 13.1 Å². The zero-order valence-corrected chi connectivity index (χ0v) is 24.1. The number of hydrogen-bond acceptors (Lipinski definition) is 6. The van der Waals surface area contributed by atoms with Crippen molar-refractivity contribution < 1.29 is 22.8 Å². The maximum Gasteiger partial charge on any atom is 0.242 e. The number of amidine groups is 1. The van der Waals surface area contributed by atoms with E-state index in [0.29, 0.717) is 16.7 Å². The Kier molecular flexibility index (Phi) is 11.3. The van der Waals surface area contributed by atoms with Gasteiger partial charge in [0.15, 0.2) is 0 Å². The van der Waals surface area contributed by atoms with E-state index in [-0.39, 0.29) is 31.0 Å². The molecule has 0 aliphatic carbocycles. The van der Waals surface area contributed by atoms with Crippen LogP contribution in [-0.4, -0.2) is 49.8 Å². The van der Waals surface area contributed by atoms with Crippen molar-refractivity contribution in [2.24, 2.45) is 11.5 Å². The standard InChI is InChI=1S/C30H36N6O5S/c1-2-42(40,41)36-27(26(21-9-5-3-6-10-21)22-11-7-4-8-12-22)30(39)35-24(17-18-25(31)37)29(38)34-19-20-13-15-23(16-14-20)28(32)33/h3-16,24,26-27,36H,2,17-19H2,1H3,(H2,31,37)(H3,32,33)(H,34,38)(H,35,39). The van der Waals surface area contributed by atoms with Gasteiger partial charge in [0.05, 0.1) is 5.75 Å². The van der Waals surface area contributed by atoms with Crippen molar-refractivity contribution in [1.29, 1.82) is 5.41 Å². The van der Waals surface area contributed by atoms with Gasteiger partial charge in [0.1, 0.15) is 17.9 Å². The number of carbonyl (C=O) groups is 3. The van der Waals surface area contributed by atoms with Crippen molar-refractivity contribution in [3.8, 4) is 0 Å². The van der Waals surface area contributed by atoms with Gasteiger partial charge in [-0.1, -0.05) is 84.9 Å². The van der Waals surface area contributed by atoms with Crippen LogP contribution in [0, 0.1) is 5.41 Å². The van der Waals surface area contributed by atoms with E-state index in [4.69, 9.17) is 16.9 Å². The summed E-state index contributed by atoms with van der Waals surface area (Å²) in [5.41, 5.74) is 13.5. The first-order valence-electron chi connectivity index (χ1n) is 13.4. The van der Waals surface area contributed by atoms with Gasteiger partial charge >= 0.3 is 0 Å². The summed E-state index contributed by atoms with van der Waals surface area (Å²) < 4.78 is 28.1. The van der Waals surface area contributed by atoms with E-state index in [0.717, 1.165) is 5.56 Å². The number of amides is 3. The smallest absolute Gasteiger partial charge is 0.242 e. The number of nitrogens with two attached hydrogens (primary N) is 2. The molecule has 222 valence electrons. The molecule has 3 amide bonds. The van der Waals surface area contributed by atoms with Crippen molar-refractivity contribution in [1.82, 2.24) is 15.4 Å². The molecule has 0 heterocycles. The van der Waals surface area contributed by atoms with Crippen LogP contribution >= 0.6 is 0 Å². The second-order valence-corrected chi connectivity index (χ2v) is 11.7. The topological polar surface area (TPSA) is 197 Å². The van der Waals surface area contributed by atoms with Crippen molar-refractivity contribution in [3.05, 3.63) is 107 Å². The maximum atomic E-state index is 13.9. The lowest BCUT2D eigenvalue weighted by Gasteiger charge is -2.29. The van der Waals surface area contributed by atoms with Gasteiger partial charge < -0.3 is 22.1 Å². The minimum atomic E-state index is -3.87. The first-order valence-corrected chi connectivity index (χ1v) is 15.1. The van der Waals surface area contributed by atoms with Crippen LogP contribution in [-0.2, 0) is 31.0 Å². The molecule has 0 aromatic heterocycles. The van der Waals surface area contributed by atoms with E-state index in [1.165, 1.54) is 6.92 Å². The molecular weight excluding hydrogens is 556 g/mol. The number of nitrogens with one attached hydrogen (secondary N) is 4. The van der Waals surface area contributed by atoms with Gasteiger partial charge in [0.2, 0.25) is 27.7 Å². The molecule has 3 aromatic carbocycles. The second-order valence-electron chi connectivity index (χ2n) is 9.69. The monoisotopic (exact) mass is 592 g/mol. The lowest BCUT2D eigenvalue weighted by Crippen LogP contribution is -2.56. The minimum absolute atomic E-state index is 0.0858. The first kappa shape index (κ1) is 32.0.